The molecule has 0 aliphatic carbocycles. The van der Waals surface area contributed by atoms with Gasteiger partial charge in [0.2, 0.25) is 0 Å². The van der Waals surface area contributed by atoms with Crippen LogP contribution in [-0.2, 0) is 9.59 Å². The average molecular weight is 478 g/mol. The molecule has 0 bridgehead atoms. The molecule has 1 fully saturated rings. The molecule has 2 aromatic carbocycles. The van der Waals surface area contributed by atoms with Gasteiger partial charge in [0.1, 0.15) is 5.75 Å². The van der Waals surface area contributed by atoms with Crippen molar-refractivity contribution in [1.29, 1.82) is 0 Å². The SMILES string of the molecule is Cc1ccc(NC(=O)COc2ccc(/C=C3/SC(=S)N(n4c(C)ccc4C)C3=O)cc2)cc1. The molecule has 2 heterocycles. The molecular weight excluding hydrogens is 454 g/mol. The van der Waals surface area contributed by atoms with Crippen molar-refractivity contribution in [3.05, 3.63) is 88.1 Å². The maximum Gasteiger partial charge on any atom is 0.285 e. The number of hydrogen-bond donors (Lipinski definition) is 1. The van der Waals surface area contributed by atoms with E-state index in [-0.39, 0.29) is 18.4 Å². The summed E-state index contributed by atoms with van der Waals surface area (Å²) in [6, 6.07) is 18.7. The number of aryl methyl sites for hydroxylation is 3. The first-order valence-corrected chi connectivity index (χ1v) is 11.6. The first kappa shape index (κ1) is 22.8. The normalized spacial score (nSPS) is 14.8. The maximum atomic E-state index is 13.0. The van der Waals surface area contributed by atoms with Crippen LogP contribution in [0, 0.1) is 20.8 Å². The molecule has 168 valence electrons. The fraction of sp³-hybridized carbons (Fsp3) is 0.160. The largest absolute Gasteiger partial charge is 0.484 e. The van der Waals surface area contributed by atoms with Crippen molar-refractivity contribution in [3.8, 4) is 5.75 Å². The highest BCUT2D eigenvalue weighted by Gasteiger charge is 2.34. The number of ether oxygens (including phenoxy) is 1. The summed E-state index contributed by atoms with van der Waals surface area (Å²) in [4.78, 5) is 25.7. The first-order chi connectivity index (χ1) is 15.8. The van der Waals surface area contributed by atoms with Gasteiger partial charge in [0, 0.05) is 17.1 Å². The fourth-order valence-electron chi connectivity index (χ4n) is 3.40. The second kappa shape index (κ2) is 9.64. The number of carbonyl (C=O) groups is 2. The van der Waals surface area contributed by atoms with E-state index < -0.39 is 0 Å². The number of hydrogen-bond acceptors (Lipinski definition) is 5. The van der Waals surface area contributed by atoms with Gasteiger partial charge in [0.15, 0.2) is 10.9 Å². The molecule has 1 saturated heterocycles. The van der Waals surface area contributed by atoms with E-state index in [0.717, 1.165) is 28.2 Å². The predicted molar refractivity (Wildman–Crippen MR) is 137 cm³/mol. The molecule has 33 heavy (non-hydrogen) atoms. The van der Waals surface area contributed by atoms with Gasteiger partial charge in [-0.1, -0.05) is 41.6 Å². The Morgan fingerprint density at radius 2 is 1.64 bits per heavy atom. The first-order valence-electron chi connectivity index (χ1n) is 10.3. The lowest BCUT2D eigenvalue weighted by Crippen LogP contribution is -2.39. The van der Waals surface area contributed by atoms with Crippen LogP contribution in [0.5, 0.6) is 5.75 Å². The van der Waals surface area contributed by atoms with Crippen LogP contribution >= 0.6 is 24.0 Å². The third-order valence-electron chi connectivity index (χ3n) is 5.09. The van der Waals surface area contributed by atoms with Crippen LogP contribution in [0.3, 0.4) is 0 Å². The number of nitrogens with zero attached hydrogens (tertiary/aromatic N) is 2. The molecule has 0 spiro atoms. The van der Waals surface area contributed by atoms with Crippen LogP contribution in [0.15, 0.2) is 65.6 Å². The third kappa shape index (κ3) is 5.18. The molecule has 0 saturated carbocycles. The molecular formula is C25H23N3O3S2. The Kier molecular flexibility index (Phi) is 6.67. The van der Waals surface area contributed by atoms with Crippen molar-refractivity contribution in [2.75, 3.05) is 16.9 Å². The summed E-state index contributed by atoms with van der Waals surface area (Å²) in [5, 5.41) is 4.33. The minimum absolute atomic E-state index is 0.0958. The number of nitrogens with one attached hydrogen (secondary N) is 1. The summed E-state index contributed by atoms with van der Waals surface area (Å²) in [5.74, 6) is 0.181. The number of rotatable bonds is 6. The van der Waals surface area contributed by atoms with E-state index in [2.05, 4.69) is 5.32 Å². The molecule has 1 aliphatic rings. The lowest BCUT2D eigenvalue weighted by atomic mass is 10.2. The highest BCUT2D eigenvalue weighted by molar-refractivity contribution is 8.27. The number of anilines is 1. The van der Waals surface area contributed by atoms with Crippen molar-refractivity contribution < 1.29 is 14.3 Å². The summed E-state index contributed by atoms with van der Waals surface area (Å²) >= 11 is 6.74. The average Bonchev–Trinajstić information content (AvgIpc) is 3.26. The van der Waals surface area contributed by atoms with E-state index in [4.69, 9.17) is 17.0 Å². The standard InChI is InChI=1S/C25H23N3O3S2/c1-16-4-10-20(11-5-16)26-23(29)15-31-21-12-8-19(9-13-21)14-22-24(30)28(25(32)33-22)27-17(2)6-7-18(27)3/h4-14H,15H2,1-3H3,(H,26,29)/b22-14+. The molecule has 0 radical (unpaired) electrons. The van der Waals surface area contributed by atoms with E-state index >= 15 is 0 Å². The van der Waals surface area contributed by atoms with E-state index in [9.17, 15) is 9.59 Å². The zero-order valence-electron chi connectivity index (χ0n) is 18.5. The van der Waals surface area contributed by atoms with E-state index in [1.54, 1.807) is 18.2 Å². The van der Waals surface area contributed by atoms with Crippen molar-refractivity contribution >= 4 is 51.9 Å². The van der Waals surface area contributed by atoms with Gasteiger partial charge in [0.25, 0.3) is 11.8 Å². The molecule has 1 aliphatic heterocycles. The van der Waals surface area contributed by atoms with Crippen LogP contribution in [0.25, 0.3) is 6.08 Å². The second-order valence-corrected chi connectivity index (χ2v) is 9.37. The van der Waals surface area contributed by atoms with Gasteiger partial charge < -0.3 is 10.1 Å². The van der Waals surface area contributed by atoms with Crippen molar-refractivity contribution in [2.45, 2.75) is 20.8 Å². The fourth-order valence-corrected chi connectivity index (χ4v) is 4.64. The quantitative estimate of drug-likeness (QED) is 0.401. The minimum atomic E-state index is -0.234. The monoisotopic (exact) mass is 477 g/mol. The number of thiocarbonyl (C=S) groups is 1. The highest BCUT2D eigenvalue weighted by atomic mass is 32.2. The minimum Gasteiger partial charge on any atom is -0.484 e. The number of benzene rings is 2. The Labute approximate surface area is 202 Å². The molecule has 6 nitrogen and oxygen atoms in total. The molecule has 0 atom stereocenters. The molecule has 1 N–H and O–H groups in total. The molecule has 3 aromatic rings. The molecule has 0 unspecified atom stereocenters. The number of amides is 2. The Morgan fingerprint density at radius 3 is 2.27 bits per heavy atom. The van der Waals surface area contributed by atoms with Gasteiger partial charge in [-0.15, -0.1) is 0 Å². The van der Waals surface area contributed by atoms with Gasteiger partial charge in [-0.05, 0) is 81.0 Å². The second-order valence-electron chi connectivity index (χ2n) is 7.69. The lowest BCUT2D eigenvalue weighted by Gasteiger charge is -2.20. The summed E-state index contributed by atoms with van der Waals surface area (Å²) in [5.41, 5.74) is 4.58. The molecule has 8 heteroatoms. The van der Waals surface area contributed by atoms with E-state index in [0.29, 0.717) is 15.0 Å². The summed E-state index contributed by atoms with van der Waals surface area (Å²) in [7, 11) is 0. The molecule has 4 rings (SSSR count). The smallest absolute Gasteiger partial charge is 0.285 e. The van der Waals surface area contributed by atoms with Crippen LogP contribution in [0.2, 0.25) is 0 Å². The van der Waals surface area contributed by atoms with Crippen molar-refractivity contribution in [1.82, 2.24) is 4.68 Å². The lowest BCUT2D eigenvalue weighted by molar-refractivity contribution is -0.118. The van der Waals surface area contributed by atoms with E-state index in [1.807, 2.05) is 74.0 Å². The maximum absolute atomic E-state index is 13.0. The number of carbonyl (C=O) groups excluding carboxylic acids is 2. The van der Waals surface area contributed by atoms with Crippen LogP contribution < -0.4 is 15.1 Å². The van der Waals surface area contributed by atoms with Crippen molar-refractivity contribution in [2.24, 2.45) is 0 Å². The Hall–Kier alpha value is -3.36. The van der Waals surface area contributed by atoms with Gasteiger partial charge in [-0.25, -0.2) is 0 Å². The van der Waals surface area contributed by atoms with Gasteiger partial charge in [-0.2, -0.15) is 5.01 Å². The molecule has 2 amide bonds. The molecule has 1 aromatic heterocycles. The highest BCUT2D eigenvalue weighted by Crippen LogP contribution is 2.33. The summed E-state index contributed by atoms with van der Waals surface area (Å²) in [6.45, 7) is 5.77. The van der Waals surface area contributed by atoms with Crippen LogP contribution in [0.1, 0.15) is 22.5 Å². The summed E-state index contributed by atoms with van der Waals surface area (Å²) in [6.07, 6.45) is 1.81. The number of aromatic nitrogens is 1. The zero-order valence-corrected chi connectivity index (χ0v) is 20.1. The number of thioether (sulfide) groups is 1. The van der Waals surface area contributed by atoms with Gasteiger partial charge in [0.05, 0.1) is 4.91 Å². The zero-order chi connectivity index (χ0) is 23.5. The third-order valence-corrected chi connectivity index (χ3v) is 6.37. The van der Waals surface area contributed by atoms with E-state index in [1.165, 1.54) is 16.8 Å². The van der Waals surface area contributed by atoms with Crippen LogP contribution in [-0.4, -0.2) is 27.4 Å². The Morgan fingerprint density at radius 1 is 1.00 bits per heavy atom. The van der Waals surface area contributed by atoms with Gasteiger partial charge in [-0.3, -0.25) is 14.3 Å². The predicted octanol–water partition coefficient (Wildman–Crippen LogP) is 4.97. The van der Waals surface area contributed by atoms with Gasteiger partial charge >= 0.3 is 0 Å². The summed E-state index contributed by atoms with van der Waals surface area (Å²) < 4.78 is 7.91. The Bertz CT molecular complexity index is 1230. The topological polar surface area (TPSA) is 63.6 Å². The Balaban J connectivity index is 1.38. The van der Waals surface area contributed by atoms with Crippen molar-refractivity contribution in [3.63, 3.8) is 0 Å². The van der Waals surface area contributed by atoms with Crippen LogP contribution in [0.4, 0.5) is 5.69 Å².